The number of aromatic carboxylic acids is 1. The number of anilines is 1. The molecule has 1 aromatic heterocycles. The summed E-state index contributed by atoms with van der Waals surface area (Å²) in [5, 5.41) is 12.5. The van der Waals surface area contributed by atoms with Crippen molar-refractivity contribution in [2.75, 3.05) is 11.9 Å². The van der Waals surface area contributed by atoms with Gasteiger partial charge in [0, 0.05) is 12.2 Å². The Hall–Kier alpha value is -1.58. The number of aromatic nitrogens is 1. The second-order valence-electron chi connectivity index (χ2n) is 5.77. The minimum Gasteiger partial charge on any atom is -0.478 e. The van der Waals surface area contributed by atoms with Gasteiger partial charge in [0.2, 0.25) is 0 Å². The van der Waals surface area contributed by atoms with Gasteiger partial charge in [0.1, 0.15) is 11.4 Å². The third kappa shape index (κ3) is 3.25. The zero-order valence-corrected chi connectivity index (χ0v) is 11.9. The van der Waals surface area contributed by atoms with Crippen LogP contribution in [0.4, 0.5) is 5.82 Å². The lowest BCUT2D eigenvalue weighted by Crippen LogP contribution is -2.16. The van der Waals surface area contributed by atoms with E-state index in [2.05, 4.69) is 17.2 Å². The van der Waals surface area contributed by atoms with Crippen molar-refractivity contribution in [3.8, 4) is 0 Å². The highest BCUT2D eigenvalue weighted by Crippen LogP contribution is 2.30. The van der Waals surface area contributed by atoms with Gasteiger partial charge in [-0.25, -0.2) is 9.78 Å². The Balaban J connectivity index is 2.12. The predicted molar refractivity (Wildman–Crippen MR) is 75.7 cm³/mol. The molecule has 2 N–H and O–H groups in total. The van der Waals surface area contributed by atoms with E-state index in [1.165, 1.54) is 19.3 Å². The van der Waals surface area contributed by atoms with Crippen LogP contribution < -0.4 is 5.32 Å². The third-order valence-electron chi connectivity index (χ3n) is 3.92. The van der Waals surface area contributed by atoms with E-state index in [1.807, 2.05) is 19.9 Å². The summed E-state index contributed by atoms with van der Waals surface area (Å²) in [6.07, 6.45) is 3.72. The summed E-state index contributed by atoms with van der Waals surface area (Å²) in [4.78, 5) is 15.7. The number of nitrogens with one attached hydrogen (secondary N) is 1. The monoisotopic (exact) mass is 262 g/mol. The standard InChI is InChI=1S/C15H22N2O2/c1-9-4-5-12(6-9)8-16-14-13(15(18)19)10(2)7-11(3)17-14/h7,9,12H,4-6,8H2,1-3H3,(H,16,17)(H,18,19). The fourth-order valence-electron chi connectivity index (χ4n) is 2.99. The Bertz CT molecular complexity index is 485. The predicted octanol–water partition coefficient (Wildman–Crippen LogP) is 3.24. The van der Waals surface area contributed by atoms with Crippen molar-refractivity contribution in [3.05, 3.63) is 22.9 Å². The van der Waals surface area contributed by atoms with E-state index >= 15 is 0 Å². The van der Waals surface area contributed by atoms with Gasteiger partial charge in [-0.2, -0.15) is 0 Å². The summed E-state index contributed by atoms with van der Waals surface area (Å²) in [6.45, 7) is 6.81. The first-order valence-corrected chi connectivity index (χ1v) is 6.92. The molecular weight excluding hydrogens is 240 g/mol. The summed E-state index contributed by atoms with van der Waals surface area (Å²) in [7, 11) is 0. The Morgan fingerprint density at radius 2 is 2.21 bits per heavy atom. The number of nitrogens with zero attached hydrogens (tertiary/aromatic N) is 1. The van der Waals surface area contributed by atoms with E-state index in [9.17, 15) is 9.90 Å². The molecule has 0 radical (unpaired) electrons. The third-order valence-corrected chi connectivity index (χ3v) is 3.92. The number of hydrogen-bond donors (Lipinski definition) is 2. The average molecular weight is 262 g/mol. The van der Waals surface area contributed by atoms with E-state index in [1.54, 1.807) is 0 Å². The maximum atomic E-state index is 11.3. The highest BCUT2D eigenvalue weighted by atomic mass is 16.4. The summed E-state index contributed by atoms with van der Waals surface area (Å²) in [5.74, 6) is 1.04. The largest absolute Gasteiger partial charge is 0.478 e. The molecular formula is C15H22N2O2. The molecule has 0 aliphatic heterocycles. The quantitative estimate of drug-likeness (QED) is 0.874. The number of pyridine rings is 1. The zero-order chi connectivity index (χ0) is 14.0. The fourth-order valence-corrected chi connectivity index (χ4v) is 2.99. The molecule has 1 heterocycles. The number of carboxylic acid groups (broad SMARTS) is 1. The smallest absolute Gasteiger partial charge is 0.339 e. The number of aryl methyl sites for hydroxylation is 2. The van der Waals surface area contributed by atoms with Gasteiger partial charge in [-0.3, -0.25) is 0 Å². The Morgan fingerprint density at radius 3 is 2.79 bits per heavy atom. The van der Waals surface area contributed by atoms with Crippen molar-refractivity contribution in [3.63, 3.8) is 0 Å². The molecule has 1 fully saturated rings. The molecule has 0 aromatic carbocycles. The minimum absolute atomic E-state index is 0.302. The molecule has 1 aliphatic rings. The Morgan fingerprint density at radius 1 is 1.47 bits per heavy atom. The molecule has 2 rings (SSSR count). The van der Waals surface area contributed by atoms with E-state index in [4.69, 9.17) is 0 Å². The molecule has 0 saturated heterocycles. The fraction of sp³-hybridized carbons (Fsp3) is 0.600. The number of carbonyl (C=O) groups is 1. The van der Waals surface area contributed by atoms with Crippen molar-refractivity contribution in [1.29, 1.82) is 0 Å². The topological polar surface area (TPSA) is 62.2 Å². The maximum absolute atomic E-state index is 11.3. The summed E-state index contributed by atoms with van der Waals surface area (Å²) >= 11 is 0. The first-order chi connectivity index (χ1) is 8.97. The van der Waals surface area contributed by atoms with Crippen LogP contribution in [0.25, 0.3) is 0 Å². The van der Waals surface area contributed by atoms with Gasteiger partial charge >= 0.3 is 5.97 Å². The molecule has 1 aromatic rings. The van der Waals surface area contributed by atoms with Crippen LogP contribution in [-0.2, 0) is 0 Å². The Kier molecular flexibility index (Phi) is 4.08. The van der Waals surface area contributed by atoms with E-state index in [0.29, 0.717) is 17.3 Å². The molecule has 1 saturated carbocycles. The molecule has 0 bridgehead atoms. The van der Waals surface area contributed by atoms with Crippen molar-refractivity contribution in [2.24, 2.45) is 11.8 Å². The second kappa shape index (κ2) is 5.59. The molecule has 4 nitrogen and oxygen atoms in total. The van der Waals surface area contributed by atoms with Gasteiger partial charge in [-0.05, 0) is 50.2 Å². The summed E-state index contributed by atoms with van der Waals surface area (Å²) in [6, 6.07) is 1.81. The minimum atomic E-state index is -0.910. The lowest BCUT2D eigenvalue weighted by atomic mass is 10.1. The van der Waals surface area contributed by atoms with Crippen LogP contribution in [0.3, 0.4) is 0 Å². The zero-order valence-electron chi connectivity index (χ0n) is 11.9. The molecule has 0 spiro atoms. The van der Waals surface area contributed by atoms with Crippen LogP contribution in [0, 0.1) is 25.7 Å². The van der Waals surface area contributed by atoms with Gasteiger partial charge < -0.3 is 10.4 Å². The molecule has 19 heavy (non-hydrogen) atoms. The number of carboxylic acids is 1. The van der Waals surface area contributed by atoms with Crippen LogP contribution in [-0.4, -0.2) is 22.6 Å². The van der Waals surface area contributed by atoms with Crippen molar-refractivity contribution >= 4 is 11.8 Å². The van der Waals surface area contributed by atoms with Crippen LogP contribution in [0.15, 0.2) is 6.07 Å². The van der Waals surface area contributed by atoms with E-state index in [0.717, 1.165) is 23.7 Å². The molecule has 0 amide bonds. The van der Waals surface area contributed by atoms with E-state index < -0.39 is 5.97 Å². The molecule has 104 valence electrons. The van der Waals surface area contributed by atoms with Gasteiger partial charge in [0.15, 0.2) is 0 Å². The first kappa shape index (κ1) is 13.8. The van der Waals surface area contributed by atoms with Crippen molar-refractivity contribution in [1.82, 2.24) is 4.98 Å². The molecule has 4 heteroatoms. The normalized spacial score (nSPS) is 22.5. The van der Waals surface area contributed by atoms with E-state index in [-0.39, 0.29) is 0 Å². The van der Waals surface area contributed by atoms with Gasteiger partial charge in [0.05, 0.1) is 0 Å². The van der Waals surface area contributed by atoms with Crippen molar-refractivity contribution in [2.45, 2.75) is 40.0 Å². The highest BCUT2D eigenvalue weighted by Gasteiger charge is 2.22. The molecule has 1 aliphatic carbocycles. The van der Waals surface area contributed by atoms with Crippen LogP contribution in [0.1, 0.15) is 47.8 Å². The van der Waals surface area contributed by atoms with Gasteiger partial charge in [0.25, 0.3) is 0 Å². The first-order valence-electron chi connectivity index (χ1n) is 6.92. The lowest BCUT2D eigenvalue weighted by molar-refractivity contribution is 0.0696. The van der Waals surface area contributed by atoms with Crippen LogP contribution in [0.2, 0.25) is 0 Å². The SMILES string of the molecule is Cc1cc(C)c(C(=O)O)c(NCC2CCC(C)C2)n1. The number of rotatable bonds is 4. The maximum Gasteiger partial charge on any atom is 0.339 e. The highest BCUT2D eigenvalue weighted by molar-refractivity contribution is 5.94. The van der Waals surface area contributed by atoms with Crippen LogP contribution >= 0.6 is 0 Å². The van der Waals surface area contributed by atoms with Crippen LogP contribution in [0.5, 0.6) is 0 Å². The summed E-state index contributed by atoms with van der Waals surface area (Å²) < 4.78 is 0. The van der Waals surface area contributed by atoms with Gasteiger partial charge in [-0.15, -0.1) is 0 Å². The van der Waals surface area contributed by atoms with Crippen molar-refractivity contribution < 1.29 is 9.90 Å². The summed E-state index contributed by atoms with van der Waals surface area (Å²) in [5.41, 5.74) is 1.92. The number of hydrogen-bond acceptors (Lipinski definition) is 3. The molecule has 2 unspecified atom stereocenters. The van der Waals surface area contributed by atoms with Gasteiger partial charge in [-0.1, -0.05) is 13.3 Å². The second-order valence-corrected chi connectivity index (χ2v) is 5.77. The Labute approximate surface area is 114 Å². The average Bonchev–Trinajstić information content (AvgIpc) is 2.71. The lowest BCUT2D eigenvalue weighted by Gasteiger charge is -2.15. The molecule has 2 atom stereocenters.